The van der Waals surface area contributed by atoms with E-state index in [0.29, 0.717) is 6.54 Å². The Morgan fingerprint density at radius 1 is 1.25 bits per heavy atom. The van der Waals surface area contributed by atoms with Gasteiger partial charge in [0.25, 0.3) is 0 Å². The molecule has 0 unspecified atom stereocenters. The van der Waals surface area contributed by atoms with E-state index in [4.69, 9.17) is 0 Å². The average Bonchev–Trinajstić information content (AvgIpc) is 2.15. The number of nitrogens with one attached hydrogen (secondary N) is 1. The predicted molar refractivity (Wildman–Crippen MR) is 61.0 cm³/mol. The van der Waals surface area contributed by atoms with Crippen LogP contribution < -0.4 is 5.32 Å². The molecule has 1 aromatic carbocycles. The number of likely N-dealkylation sites (N-methyl/N-ethyl adjacent to an activating group) is 1. The minimum absolute atomic E-state index is 0.0360. The largest absolute Gasteiger partial charge is 0.319 e. The number of aryl methyl sites for hydroxylation is 1. The van der Waals surface area contributed by atoms with Gasteiger partial charge in [-0.05, 0) is 25.1 Å². The first-order chi connectivity index (χ1) is 7.49. The van der Waals surface area contributed by atoms with Gasteiger partial charge < -0.3 is 5.32 Å². The van der Waals surface area contributed by atoms with Gasteiger partial charge in [0.2, 0.25) is 5.92 Å². The highest BCUT2D eigenvalue weighted by molar-refractivity contribution is 5.37. The van der Waals surface area contributed by atoms with Crippen molar-refractivity contribution in [3.8, 4) is 0 Å². The second-order valence-electron chi connectivity index (χ2n) is 4.84. The van der Waals surface area contributed by atoms with Gasteiger partial charge in [-0.15, -0.1) is 0 Å². The normalized spacial score (nSPS) is 21.5. The van der Waals surface area contributed by atoms with E-state index in [0.717, 1.165) is 11.1 Å². The maximum Gasteiger partial charge on any atom is 0.250 e. The van der Waals surface area contributed by atoms with Crippen LogP contribution in [0.1, 0.15) is 24.0 Å². The van der Waals surface area contributed by atoms with Crippen LogP contribution in [0, 0.1) is 6.92 Å². The number of hydrogen-bond donors (Lipinski definition) is 1. The summed E-state index contributed by atoms with van der Waals surface area (Å²) in [6.45, 7) is 2.61. The molecule has 0 radical (unpaired) electrons. The highest BCUT2D eigenvalue weighted by atomic mass is 19.3. The third-order valence-corrected chi connectivity index (χ3v) is 3.43. The number of alkyl halides is 2. The second-order valence-corrected chi connectivity index (χ2v) is 4.84. The highest BCUT2D eigenvalue weighted by Gasteiger charge is 2.57. The van der Waals surface area contributed by atoms with Crippen LogP contribution in [-0.4, -0.2) is 19.5 Å². The Hall–Kier alpha value is -0.960. The van der Waals surface area contributed by atoms with Crippen molar-refractivity contribution in [1.29, 1.82) is 0 Å². The summed E-state index contributed by atoms with van der Waals surface area (Å²) in [6, 6.07) is 7.84. The second kappa shape index (κ2) is 3.81. The Kier molecular flexibility index (Phi) is 2.74. The van der Waals surface area contributed by atoms with Gasteiger partial charge in [0.05, 0.1) is 0 Å². The van der Waals surface area contributed by atoms with Gasteiger partial charge in [-0.3, -0.25) is 0 Å². The Balaban J connectivity index is 2.32. The molecule has 88 valence electrons. The fourth-order valence-corrected chi connectivity index (χ4v) is 2.86. The molecule has 0 atom stereocenters. The minimum Gasteiger partial charge on any atom is -0.319 e. The zero-order valence-corrected chi connectivity index (χ0v) is 9.69. The summed E-state index contributed by atoms with van der Waals surface area (Å²) in [5, 5.41) is 3.04. The lowest BCUT2D eigenvalue weighted by atomic mass is 9.61. The van der Waals surface area contributed by atoms with Crippen molar-refractivity contribution in [3.63, 3.8) is 0 Å². The van der Waals surface area contributed by atoms with Gasteiger partial charge in [-0.1, -0.05) is 24.3 Å². The number of hydrogen-bond acceptors (Lipinski definition) is 1. The fraction of sp³-hybridized carbons (Fsp3) is 0.538. The van der Waals surface area contributed by atoms with E-state index in [-0.39, 0.29) is 18.3 Å². The average molecular weight is 225 g/mol. The van der Waals surface area contributed by atoms with Crippen LogP contribution >= 0.6 is 0 Å². The Morgan fingerprint density at radius 3 is 2.38 bits per heavy atom. The van der Waals surface area contributed by atoms with E-state index in [2.05, 4.69) is 5.32 Å². The lowest BCUT2D eigenvalue weighted by Gasteiger charge is -2.48. The molecule has 1 aromatic rings. The molecule has 0 bridgehead atoms. The van der Waals surface area contributed by atoms with Gasteiger partial charge in [0.15, 0.2) is 0 Å². The van der Waals surface area contributed by atoms with Crippen LogP contribution in [0.25, 0.3) is 0 Å². The standard InChI is InChI=1S/C13H17F2N/c1-10-5-3-4-6-11(10)12(9-16-2)7-13(14,15)8-12/h3-6,16H,7-9H2,1-2H3. The molecule has 3 heteroatoms. The van der Waals surface area contributed by atoms with Crippen LogP contribution in [0.3, 0.4) is 0 Å². The number of rotatable bonds is 3. The molecule has 0 amide bonds. The first kappa shape index (κ1) is 11.5. The van der Waals surface area contributed by atoms with E-state index < -0.39 is 5.92 Å². The van der Waals surface area contributed by atoms with Gasteiger partial charge in [0.1, 0.15) is 0 Å². The Morgan fingerprint density at radius 2 is 1.88 bits per heavy atom. The minimum atomic E-state index is -2.49. The van der Waals surface area contributed by atoms with Gasteiger partial charge in [-0.2, -0.15) is 0 Å². The molecule has 1 aliphatic carbocycles. The smallest absolute Gasteiger partial charge is 0.250 e. The fourth-order valence-electron chi connectivity index (χ4n) is 2.86. The van der Waals surface area contributed by atoms with Gasteiger partial charge in [-0.25, -0.2) is 8.78 Å². The van der Waals surface area contributed by atoms with Crippen LogP contribution in [0.5, 0.6) is 0 Å². The summed E-state index contributed by atoms with van der Waals surface area (Å²) in [7, 11) is 1.82. The lowest BCUT2D eigenvalue weighted by Crippen LogP contribution is -2.54. The van der Waals surface area contributed by atoms with Crippen LogP contribution in [0.2, 0.25) is 0 Å². The SMILES string of the molecule is CNCC1(c2ccccc2C)CC(F)(F)C1. The summed E-state index contributed by atoms with van der Waals surface area (Å²) in [6.07, 6.45) is -0.0720. The number of halogens is 2. The monoisotopic (exact) mass is 225 g/mol. The summed E-state index contributed by atoms with van der Waals surface area (Å²) in [5.41, 5.74) is 1.80. The first-order valence-electron chi connectivity index (χ1n) is 5.58. The Bertz CT molecular complexity index is 379. The van der Waals surface area contributed by atoms with E-state index in [9.17, 15) is 8.78 Å². The third kappa shape index (κ3) is 1.84. The van der Waals surface area contributed by atoms with E-state index in [1.54, 1.807) is 0 Å². The molecule has 0 heterocycles. The maximum atomic E-state index is 13.1. The van der Waals surface area contributed by atoms with Crippen molar-refractivity contribution >= 4 is 0 Å². The van der Waals surface area contributed by atoms with E-state index in [1.807, 2.05) is 38.2 Å². The molecule has 1 N–H and O–H groups in total. The highest BCUT2D eigenvalue weighted by Crippen LogP contribution is 2.53. The maximum absolute atomic E-state index is 13.1. The van der Waals surface area contributed by atoms with Crippen molar-refractivity contribution in [2.75, 3.05) is 13.6 Å². The molecular formula is C13H17F2N. The van der Waals surface area contributed by atoms with Crippen molar-refractivity contribution < 1.29 is 8.78 Å². The summed E-state index contributed by atoms with van der Waals surface area (Å²) in [5.74, 6) is -2.49. The topological polar surface area (TPSA) is 12.0 Å². The third-order valence-electron chi connectivity index (χ3n) is 3.43. The molecule has 2 rings (SSSR count). The van der Waals surface area contributed by atoms with E-state index >= 15 is 0 Å². The van der Waals surface area contributed by atoms with Crippen molar-refractivity contribution in [3.05, 3.63) is 35.4 Å². The zero-order valence-electron chi connectivity index (χ0n) is 9.69. The van der Waals surface area contributed by atoms with Gasteiger partial charge >= 0.3 is 0 Å². The predicted octanol–water partition coefficient (Wildman–Crippen LogP) is 2.88. The first-order valence-corrected chi connectivity index (χ1v) is 5.58. The van der Waals surface area contributed by atoms with Crippen molar-refractivity contribution in [1.82, 2.24) is 5.32 Å². The molecule has 16 heavy (non-hydrogen) atoms. The molecule has 0 spiro atoms. The molecular weight excluding hydrogens is 208 g/mol. The molecule has 1 aliphatic rings. The molecule has 1 fully saturated rings. The lowest BCUT2D eigenvalue weighted by molar-refractivity contribution is -0.125. The quantitative estimate of drug-likeness (QED) is 0.834. The Labute approximate surface area is 94.9 Å². The van der Waals surface area contributed by atoms with Crippen LogP contribution in [-0.2, 0) is 5.41 Å². The van der Waals surface area contributed by atoms with Crippen LogP contribution in [0.15, 0.2) is 24.3 Å². The summed E-state index contributed by atoms with van der Waals surface area (Å²) in [4.78, 5) is 0. The molecule has 0 aromatic heterocycles. The summed E-state index contributed by atoms with van der Waals surface area (Å²) >= 11 is 0. The molecule has 0 saturated heterocycles. The van der Waals surface area contributed by atoms with Gasteiger partial charge in [0, 0.05) is 24.8 Å². The molecule has 1 saturated carbocycles. The zero-order chi connectivity index (χ0) is 11.8. The van der Waals surface area contributed by atoms with E-state index in [1.165, 1.54) is 0 Å². The van der Waals surface area contributed by atoms with Crippen molar-refractivity contribution in [2.45, 2.75) is 31.1 Å². The molecule has 0 aliphatic heterocycles. The number of benzene rings is 1. The summed E-state index contributed by atoms with van der Waals surface area (Å²) < 4.78 is 26.3. The molecule has 1 nitrogen and oxygen atoms in total. The van der Waals surface area contributed by atoms with Crippen LogP contribution in [0.4, 0.5) is 8.78 Å². The van der Waals surface area contributed by atoms with Crippen molar-refractivity contribution in [2.24, 2.45) is 0 Å².